The molecule has 13 nitrogen and oxygen atoms in total. The van der Waals surface area contributed by atoms with Crippen molar-refractivity contribution in [3.05, 3.63) is 87.1 Å². The molecule has 3 atom stereocenters. The second kappa shape index (κ2) is 12.4. The minimum atomic E-state index is -1.82. The van der Waals surface area contributed by atoms with Gasteiger partial charge in [0.25, 0.3) is 17.3 Å². The number of esters is 1. The van der Waals surface area contributed by atoms with Crippen LogP contribution in [0.25, 0.3) is 0 Å². The van der Waals surface area contributed by atoms with Gasteiger partial charge >= 0.3 is 12.1 Å². The van der Waals surface area contributed by atoms with Gasteiger partial charge in [0.2, 0.25) is 5.91 Å². The molecule has 0 aromatic heterocycles. The largest absolute Gasteiger partial charge is 0.456 e. The fourth-order valence-electron chi connectivity index (χ4n) is 4.58. The van der Waals surface area contributed by atoms with Crippen LogP contribution in [0, 0.1) is 10.1 Å². The molecule has 2 aliphatic heterocycles. The maximum atomic E-state index is 13.7. The summed E-state index contributed by atoms with van der Waals surface area (Å²) < 4.78 is 16.4. The van der Waals surface area contributed by atoms with Crippen LogP contribution in [0.2, 0.25) is 0 Å². The number of non-ortho nitro benzene ring substituents is 1. The SMILES string of the molecule is COC1(NC(=O)C(NC(=O)OC(C)(C)C)c2ccccc2)C(=O)N2C(C(=O)OCc3ccc([N+](=O)[O-])cc3)=C(C)CS[C@H]21. The summed E-state index contributed by atoms with van der Waals surface area (Å²) in [5.41, 5.74) is -1.14. The van der Waals surface area contributed by atoms with Crippen molar-refractivity contribution in [1.82, 2.24) is 15.5 Å². The van der Waals surface area contributed by atoms with E-state index in [1.165, 1.54) is 48.0 Å². The van der Waals surface area contributed by atoms with Crippen LogP contribution >= 0.6 is 11.8 Å². The average Bonchev–Trinajstić information content (AvgIpc) is 2.96. The number of alkyl carbamates (subject to hydrolysis) is 1. The minimum absolute atomic E-state index is 0.0316. The number of carbonyl (C=O) groups is 4. The smallest absolute Gasteiger partial charge is 0.408 e. The van der Waals surface area contributed by atoms with E-state index in [2.05, 4.69) is 10.6 Å². The molecular weight excluding hydrogens is 580 g/mol. The van der Waals surface area contributed by atoms with Crippen LogP contribution in [-0.2, 0) is 35.2 Å². The topological polar surface area (TPSA) is 166 Å². The number of thioether (sulfide) groups is 1. The van der Waals surface area contributed by atoms with E-state index in [9.17, 15) is 29.3 Å². The Morgan fingerprint density at radius 2 is 1.79 bits per heavy atom. The van der Waals surface area contributed by atoms with E-state index in [0.29, 0.717) is 22.5 Å². The van der Waals surface area contributed by atoms with Crippen LogP contribution in [0.1, 0.15) is 44.9 Å². The lowest BCUT2D eigenvalue weighted by Crippen LogP contribution is -2.81. The highest BCUT2D eigenvalue weighted by molar-refractivity contribution is 8.00. The van der Waals surface area contributed by atoms with Crippen molar-refractivity contribution in [3.63, 3.8) is 0 Å². The quantitative estimate of drug-likeness (QED) is 0.141. The van der Waals surface area contributed by atoms with Crippen molar-refractivity contribution in [2.75, 3.05) is 12.9 Å². The van der Waals surface area contributed by atoms with Gasteiger partial charge in [-0.1, -0.05) is 30.3 Å². The lowest BCUT2D eigenvalue weighted by molar-refractivity contribution is -0.384. The molecule has 0 saturated carbocycles. The van der Waals surface area contributed by atoms with E-state index in [0.717, 1.165) is 0 Å². The maximum absolute atomic E-state index is 13.7. The number of benzene rings is 2. The predicted molar refractivity (Wildman–Crippen MR) is 155 cm³/mol. The predicted octanol–water partition coefficient (Wildman–Crippen LogP) is 3.55. The Morgan fingerprint density at radius 3 is 2.37 bits per heavy atom. The third-order valence-corrected chi connectivity index (χ3v) is 8.08. The van der Waals surface area contributed by atoms with E-state index >= 15 is 0 Å². The van der Waals surface area contributed by atoms with Crippen LogP contribution in [0.4, 0.5) is 10.5 Å². The number of hydrogen-bond acceptors (Lipinski definition) is 10. The fraction of sp³-hybridized carbons (Fsp3) is 0.379. The molecule has 3 amide bonds. The molecule has 0 radical (unpaired) electrons. The van der Waals surface area contributed by atoms with Gasteiger partial charge in [-0.2, -0.15) is 0 Å². The van der Waals surface area contributed by atoms with Gasteiger partial charge in [-0.05, 0) is 56.5 Å². The number of rotatable bonds is 9. The summed E-state index contributed by atoms with van der Waals surface area (Å²) in [5.74, 6) is -1.83. The summed E-state index contributed by atoms with van der Waals surface area (Å²) in [6.07, 6.45) is -0.826. The third kappa shape index (κ3) is 6.65. The van der Waals surface area contributed by atoms with Crippen molar-refractivity contribution >= 4 is 41.3 Å². The number of hydrogen-bond donors (Lipinski definition) is 2. The fourth-order valence-corrected chi connectivity index (χ4v) is 5.97. The van der Waals surface area contributed by atoms with E-state index in [1.54, 1.807) is 58.0 Å². The summed E-state index contributed by atoms with van der Waals surface area (Å²) in [6, 6.07) is 12.8. The van der Waals surface area contributed by atoms with Crippen molar-refractivity contribution in [3.8, 4) is 0 Å². The number of amides is 3. The highest BCUT2D eigenvalue weighted by Gasteiger charge is 2.66. The summed E-state index contributed by atoms with van der Waals surface area (Å²) in [7, 11) is 1.27. The Labute approximate surface area is 252 Å². The minimum Gasteiger partial charge on any atom is -0.456 e. The zero-order chi connectivity index (χ0) is 31.5. The van der Waals surface area contributed by atoms with Gasteiger partial charge in [0.1, 0.15) is 29.3 Å². The molecule has 2 heterocycles. The molecule has 2 aromatic rings. The highest BCUT2D eigenvalue weighted by atomic mass is 32.2. The summed E-state index contributed by atoms with van der Waals surface area (Å²) >= 11 is 1.29. The molecule has 0 spiro atoms. The lowest BCUT2D eigenvalue weighted by Gasteiger charge is -2.56. The first kappa shape index (κ1) is 31.5. The highest BCUT2D eigenvalue weighted by Crippen LogP contribution is 2.47. The van der Waals surface area contributed by atoms with Crippen LogP contribution in [0.15, 0.2) is 65.9 Å². The summed E-state index contributed by atoms with van der Waals surface area (Å²) in [4.78, 5) is 64.7. The Balaban J connectivity index is 1.51. The Kier molecular flexibility index (Phi) is 9.11. The average molecular weight is 613 g/mol. The van der Waals surface area contributed by atoms with Gasteiger partial charge < -0.3 is 24.8 Å². The number of nitro benzene ring substituents is 1. The number of β-lactam (4-membered cyclic amide) rings is 1. The molecule has 2 aliphatic rings. The number of nitro groups is 1. The molecule has 0 bridgehead atoms. The van der Waals surface area contributed by atoms with Gasteiger partial charge in [0.05, 0.1) is 4.92 Å². The van der Waals surface area contributed by atoms with Crippen LogP contribution < -0.4 is 10.6 Å². The van der Waals surface area contributed by atoms with E-state index < -0.39 is 51.5 Å². The summed E-state index contributed by atoms with van der Waals surface area (Å²) in [5, 5.41) is 15.3. The van der Waals surface area contributed by atoms with Gasteiger partial charge in [-0.3, -0.25) is 24.6 Å². The molecule has 43 heavy (non-hydrogen) atoms. The van der Waals surface area contributed by atoms with Crippen molar-refractivity contribution in [2.45, 2.75) is 57.0 Å². The maximum Gasteiger partial charge on any atom is 0.408 e. The molecule has 2 N–H and O–H groups in total. The molecule has 1 saturated heterocycles. The summed E-state index contributed by atoms with van der Waals surface area (Å²) in [6.45, 7) is 6.59. The van der Waals surface area contributed by atoms with E-state index in [1.807, 2.05) is 0 Å². The zero-order valence-electron chi connectivity index (χ0n) is 24.2. The molecular formula is C29H32N4O9S. The number of nitrogens with one attached hydrogen (secondary N) is 2. The molecule has 228 valence electrons. The number of methoxy groups -OCH3 is 1. The van der Waals surface area contributed by atoms with E-state index in [-0.39, 0.29) is 18.0 Å². The normalized spacial score (nSPS) is 20.3. The van der Waals surface area contributed by atoms with Crippen LogP contribution in [0.5, 0.6) is 0 Å². The lowest BCUT2D eigenvalue weighted by atomic mass is 9.97. The molecule has 14 heteroatoms. The molecule has 2 aromatic carbocycles. The van der Waals surface area contributed by atoms with Gasteiger partial charge in [-0.25, -0.2) is 9.59 Å². The first-order valence-electron chi connectivity index (χ1n) is 13.2. The van der Waals surface area contributed by atoms with Gasteiger partial charge in [-0.15, -0.1) is 11.8 Å². The van der Waals surface area contributed by atoms with E-state index in [4.69, 9.17) is 14.2 Å². The first-order valence-corrected chi connectivity index (χ1v) is 14.3. The van der Waals surface area contributed by atoms with Crippen LogP contribution in [-0.4, -0.2) is 63.3 Å². The number of fused-ring (bicyclic) bond motifs is 1. The zero-order valence-corrected chi connectivity index (χ0v) is 25.1. The Morgan fingerprint density at radius 1 is 1.14 bits per heavy atom. The third-order valence-electron chi connectivity index (χ3n) is 6.62. The molecule has 0 aliphatic carbocycles. The molecule has 1 fully saturated rings. The van der Waals surface area contributed by atoms with Gasteiger partial charge in [0, 0.05) is 25.0 Å². The van der Waals surface area contributed by atoms with Crippen molar-refractivity contribution < 1.29 is 38.3 Å². The Hall–Kier alpha value is -4.43. The number of ether oxygens (including phenoxy) is 3. The molecule has 4 rings (SSSR count). The Bertz CT molecular complexity index is 1460. The monoisotopic (exact) mass is 612 g/mol. The van der Waals surface area contributed by atoms with Crippen molar-refractivity contribution in [1.29, 1.82) is 0 Å². The first-order chi connectivity index (χ1) is 20.3. The second-order valence-electron chi connectivity index (χ2n) is 10.9. The van der Waals surface area contributed by atoms with Gasteiger partial charge in [0.15, 0.2) is 0 Å². The van der Waals surface area contributed by atoms with Crippen molar-refractivity contribution in [2.24, 2.45) is 0 Å². The number of nitrogens with zero attached hydrogens (tertiary/aromatic N) is 2. The standard InChI is InChI=1S/C29H32N4O9S/c1-17-16-43-26-29(40-5,31-23(34)21(19-9-7-6-8-10-19)30-27(37)42-28(2,3)4)25(36)32(26)22(17)24(35)41-15-18-11-13-20(14-12-18)33(38)39/h6-14,21,26H,15-16H2,1-5H3,(H,30,37)(H,31,34)/t21?,26-,29?/m0/s1. The number of carbonyl (C=O) groups excluding carboxylic acids is 4. The second-order valence-corrected chi connectivity index (χ2v) is 12.0. The molecule has 2 unspecified atom stereocenters. The van der Waals surface area contributed by atoms with Crippen LogP contribution in [0.3, 0.4) is 0 Å².